The zero-order valence-electron chi connectivity index (χ0n) is 13.5. The number of thiazole rings is 1. The van der Waals surface area contributed by atoms with Crippen molar-refractivity contribution in [2.24, 2.45) is 4.99 Å². The van der Waals surface area contributed by atoms with Crippen molar-refractivity contribution < 1.29 is 13.9 Å². The Morgan fingerprint density at radius 3 is 2.84 bits per heavy atom. The first kappa shape index (κ1) is 17.0. The molecule has 0 bridgehead atoms. The Morgan fingerprint density at radius 1 is 1.44 bits per heavy atom. The Kier molecular flexibility index (Phi) is 4.76. The van der Waals surface area contributed by atoms with E-state index in [0.29, 0.717) is 22.0 Å². The van der Waals surface area contributed by atoms with Gasteiger partial charge in [0.1, 0.15) is 18.0 Å². The van der Waals surface area contributed by atoms with E-state index in [1.165, 1.54) is 29.5 Å². The summed E-state index contributed by atoms with van der Waals surface area (Å²) in [4.78, 5) is 21.4. The van der Waals surface area contributed by atoms with Crippen molar-refractivity contribution in [2.45, 2.75) is 12.5 Å². The lowest BCUT2D eigenvalue weighted by Gasteiger charge is -2.31. The molecule has 1 aliphatic heterocycles. The monoisotopic (exact) mass is 357 g/mol. The molecule has 2 heterocycles. The lowest BCUT2D eigenvalue weighted by molar-refractivity contribution is -0.138. The van der Waals surface area contributed by atoms with Gasteiger partial charge in [-0.05, 0) is 24.6 Å². The molecule has 1 aliphatic rings. The molecule has 0 amide bonds. The van der Waals surface area contributed by atoms with Gasteiger partial charge < -0.3 is 10.1 Å². The average molecular weight is 357 g/mol. The number of hydrogen-bond donors (Lipinski definition) is 1. The van der Waals surface area contributed by atoms with Gasteiger partial charge in [-0.1, -0.05) is 24.8 Å². The largest absolute Gasteiger partial charge is 0.458 e. The van der Waals surface area contributed by atoms with E-state index in [1.807, 2.05) is 5.38 Å². The molecule has 1 aromatic heterocycles. The molecule has 0 spiro atoms. The Hall–Kier alpha value is -2.80. The van der Waals surface area contributed by atoms with E-state index in [-0.39, 0.29) is 12.4 Å². The van der Waals surface area contributed by atoms with E-state index in [9.17, 15) is 9.18 Å². The highest BCUT2D eigenvalue weighted by molar-refractivity contribution is 7.11. The number of aliphatic imine (C=N–C) groups is 1. The highest BCUT2D eigenvalue weighted by Crippen LogP contribution is 2.36. The van der Waals surface area contributed by atoms with Gasteiger partial charge in [-0.3, -0.25) is 0 Å². The molecule has 0 saturated heterocycles. The van der Waals surface area contributed by atoms with Gasteiger partial charge in [0.15, 0.2) is 10.8 Å². The number of aromatic nitrogens is 1. The number of nitrogens with one attached hydrogen (secondary N) is 1. The third-order valence-electron chi connectivity index (χ3n) is 3.81. The molecule has 7 heteroatoms. The smallest absolute Gasteiger partial charge is 0.338 e. The highest BCUT2D eigenvalue weighted by atomic mass is 32.1. The quantitative estimate of drug-likeness (QED) is 0.659. The molecule has 0 aliphatic carbocycles. The van der Waals surface area contributed by atoms with Crippen molar-refractivity contribution in [1.82, 2.24) is 10.3 Å². The van der Waals surface area contributed by atoms with Crippen molar-refractivity contribution in [2.75, 3.05) is 6.61 Å². The SMILES string of the molecule is C=CCOC(=O)C1=CNC(c2nccs2)=NC1(C)c1ccc(F)cc1. The minimum absolute atomic E-state index is 0.0960. The topological polar surface area (TPSA) is 63.6 Å². The highest BCUT2D eigenvalue weighted by Gasteiger charge is 2.39. The Labute approximate surface area is 148 Å². The van der Waals surface area contributed by atoms with Gasteiger partial charge in [0.05, 0.1) is 5.57 Å². The number of esters is 1. The minimum Gasteiger partial charge on any atom is -0.458 e. The molecule has 1 aromatic carbocycles. The Morgan fingerprint density at radius 2 is 2.20 bits per heavy atom. The summed E-state index contributed by atoms with van der Waals surface area (Å²) in [7, 11) is 0. The number of amidine groups is 1. The molecule has 1 unspecified atom stereocenters. The fraction of sp³-hybridized carbons (Fsp3) is 0.167. The van der Waals surface area contributed by atoms with Crippen LogP contribution in [0.25, 0.3) is 0 Å². The molecule has 5 nitrogen and oxygen atoms in total. The normalized spacial score (nSPS) is 19.4. The number of rotatable bonds is 5. The second kappa shape index (κ2) is 6.98. The Bertz CT molecular complexity index is 844. The fourth-order valence-corrected chi connectivity index (χ4v) is 3.10. The van der Waals surface area contributed by atoms with Gasteiger partial charge in [-0.25, -0.2) is 19.2 Å². The van der Waals surface area contributed by atoms with Crippen LogP contribution in [0.5, 0.6) is 0 Å². The number of halogens is 1. The predicted octanol–water partition coefficient (Wildman–Crippen LogP) is 3.16. The van der Waals surface area contributed by atoms with Crippen LogP contribution in [0.1, 0.15) is 17.5 Å². The van der Waals surface area contributed by atoms with Gasteiger partial charge >= 0.3 is 5.97 Å². The van der Waals surface area contributed by atoms with E-state index in [2.05, 4.69) is 16.9 Å². The molecule has 0 radical (unpaired) electrons. The maximum Gasteiger partial charge on any atom is 0.338 e. The summed E-state index contributed by atoms with van der Waals surface area (Å²) in [6.07, 6.45) is 4.74. The minimum atomic E-state index is -1.03. The van der Waals surface area contributed by atoms with Gasteiger partial charge in [-0.15, -0.1) is 11.3 Å². The summed E-state index contributed by atoms with van der Waals surface area (Å²) in [5.74, 6) is -0.326. The van der Waals surface area contributed by atoms with E-state index >= 15 is 0 Å². The number of hydrogen-bond acceptors (Lipinski definition) is 6. The third-order valence-corrected chi connectivity index (χ3v) is 4.59. The van der Waals surface area contributed by atoms with Crippen LogP contribution in [0.3, 0.4) is 0 Å². The van der Waals surface area contributed by atoms with Crippen LogP contribution >= 0.6 is 11.3 Å². The third kappa shape index (κ3) is 3.36. The summed E-state index contributed by atoms with van der Waals surface area (Å²) in [6.45, 7) is 5.42. The lowest BCUT2D eigenvalue weighted by Crippen LogP contribution is -2.38. The number of nitrogens with zero attached hydrogens (tertiary/aromatic N) is 2. The van der Waals surface area contributed by atoms with E-state index in [0.717, 1.165) is 0 Å². The van der Waals surface area contributed by atoms with Crippen molar-refractivity contribution in [3.05, 3.63) is 76.7 Å². The maximum atomic E-state index is 13.3. The second-order valence-corrected chi connectivity index (χ2v) is 6.36. The molecule has 0 fully saturated rings. The molecule has 1 atom stereocenters. The van der Waals surface area contributed by atoms with E-state index in [4.69, 9.17) is 9.73 Å². The number of carbonyl (C=O) groups excluding carboxylic acids is 1. The van der Waals surface area contributed by atoms with Crippen LogP contribution in [0, 0.1) is 5.82 Å². The van der Waals surface area contributed by atoms with Crippen LogP contribution in [0.4, 0.5) is 4.39 Å². The fourth-order valence-electron chi connectivity index (χ4n) is 2.51. The Balaban J connectivity index is 2.05. The van der Waals surface area contributed by atoms with Gasteiger partial charge in [0.25, 0.3) is 0 Å². The van der Waals surface area contributed by atoms with Crippen LogP contribution in [0.2, 0.25) is 0 Å². The summed E-state index contributed by atoms with van der Waals surface area (Å²) < 4.78 is 18.5. The zero-order chi connectivity index (χ0) is 17.9. The first-order valence-electron chi connectivity index (χ1n) is 7.55. The van der Waals surface area contributed by atoms with Crippen molar-refractivity contribution >= 4 is 23.1 Å². The molecule has 1 N–H and O–H groups in total. The molecule has 128 valence electrons. The number of benzene rings is 1. The van der Waals surface area contributed by atoms with Crippen LogP contribution < -0.4 is 5.32 Å². The van der Waals surface area contributed by atoms with Gasteiger partial charge in [0.2, 0.25) is 0 Å². The lowest BCUT2D eigenvalue weighted by atomic mass is 9.84. The van der Waals surface area contributed by atoms with Gasteiger partial charge in [-0.2, -0.15) is 0 Å². The van der Waals surface area contributed by atoms with Gasteiger partial charge in [0, 0.05) is 17.8 Å². The van der Waals surface area contributed by atoms with E-state index in [1.54, 1.807) is 31.5 Å². The van der Waals surface area contributed by atoms with Crippen LogP contribution in [0.15, 0.2) is 65.3 Å². The molecule has 2 aromatic rings. The molecular formula is C18H16FN3O2S. The molecule has 3 rings (SSSR count). The zero-order valence-corrected chi connectivity index (χ0v) is 14.3. The summed E-state index contributed by atoms with van der Waals surface area (Å²) in [6, 6.07) is 5.90. The van der Waals surface area contributed by atoms with Crippen LogP contribution in [-0.4, -0.2) is 23.4 Å². The average Bonchev–Trinajstić information content (AvgIpc) is 3.14. The molecule has 25 heavy (non-hydrogen) atoms. The summed E-state index contributed by atoms with van der Waals surface area (Å²) in [5, 5.41) is 5.54. The van der Waals surface area contributed by atoms with Crippen molar-refractivity contribution in [1.29, 1.82) is 0 Å². The molecular weight excluding hydrogens is 341 g/mol. The second-order valence-electron chi connectivity index (χ2n) is 5.47. The predicted molar refractivity (Wildman–Crippen MR) is 94.8 cm³/mol. The van der Waals surface area contributed by atoms with Crippen molar-refractivity contribution in [3.63, 3.8) is 0 Å². The van der Waals surface area contributed by atoms with E-state index < -0.39 is 11.5 Å². The van der Waals surface area contributed by atoms with Crippen LogP contribution in [-0.2, 0) is 15.1 Å². The molecule has 0 saturated carbocycles. The van der Waals surface area contributed by atoms with Crippen molar-refractivity contribution in [3.8, 4) is 0 Å². The first-order chi connectivity index (χ1) is 12.0. The first-order valence-corrected chi connectivity index (χ1v) is 8.43. The summed E-state index contributed by atoms with van der Waals surface area (Å²) in [5.41, 5.74) is -0.0365. The summed E-state index contributed by atoms with van der Waals surface area (Å²) >= 11 is 1.43. The number of carbonyl (C=O) groups is 1. The number of ether oxygens (including phenoxy) is 1. The maximum absolute atomic E-state index is 13.3. The standard InChI is InChI=1S/C18H16FN3O2S/c1-3-9-24-17(23)14-11-21-15(16-20-8-10-25-16)22-18(14,2)12-4-6-13(19)7-5-12/h3-8,10-11H,1,9H2,2H3,(H,21,22).